The molecule has 0 spiro atoms. The summed E-state index contributed by atoms with van der Waals surface area (Å²) in [6, 6.07) is 0.664. The second kappa shape index (κ2) is 20.7. The lowest BCUT2D eigenvalue weighted by Gasteiger charge is -2.66. The van der Waals surface area contributed by atoms with Gasteiger partial charge in [0.2, 0.25) is 0 Å². The van der Waals surface area contributed by atoms with Crippen LogP contribution in [0, 0.1) is 10.8 Å². The van der Waals surface area contributed by atoms with Gasteiger partial charge < -0.3 is 81.8 Å². The van der Waals surface area contributed by atoms with Gasteiger partial charge in [-0.15, -0.1) is 0 Å². The van der Waals surface area contributed by atoms with Crippen LogP contribution in [-0.2, 0) is 19.1 Å². The van der Waals surface area contributed by atoms with Crippen molar-refractivity contribution in [3.63, 3.8) is 0 Å². The Morgan fingerprint density at radius 2 is 1.20 bits per heavy atom. The molecule has 5 aliphatic heterocycles. The summed E-state index contributed by atoms with van der Waals surface area (Å²) >= 11 is 3.71. The van der Waals surface area contributed by atoms with Gasteiger partial charge in [-0.25, -0.2) is 9.59 Å². The number of rotatable bonds is 14. The number of hydrogen-bond acceptors (Lipinski definition) is 17. The predicted molar refractivity (Wildman–Crippen MR) is 222 cm³/mol. The summed E-state index contributed by atoms with van der Waals surface area (Å²) in [4.78, 5) is 45.4. The molecule has 0 aromatic rings. The molecule has 0 aromatic carbocycles. The molecule has 0 bridgehead atoms. The van der Waals surface area contributed by atoms with Crippen molar-refractivity contribution in [2.75, 3.05) is 31.3 Å². The maximum Gasteiger partial charge on any atom is 0.315 e. The van der Waals surface area contributed by atoms with E-state index in [1.807, 2.05) is 23.5 Å². The van der Waals surface area contributed by atoms with Crippen LogP contribution in [0.15, 0.2) is 0 Å². The van der Waals surface area contributed by atoms with E-state index in [1.165, 1.54) is 20.8 Å². The molecule has 16 atom stereocenters. The molecule has 22 heteroatoms. The number of ether oxygens (including phenoxy) is 2. The van der Waals surface area contributed by atoms with Gasteiger partial charge in [-0.1, -0.05) is 26.7 Å². The molecule has 352 valence electrons. The minimum Gasteiger partial charge on any atom is -0.481 e. The first-order valence-corrected chi connectivity index (χ1v) is 23.0. The lowest BCUT2D eigenvalue weighted by atomic mass is 9.45. The van der Waals surface area contributed by atoms with Crippen LogP contribution < -0.4 is 21.3 Å². The van der Waals surface area contributed by atoms with E-state index in [9.17, 15) is 39.6 Å². The van der Waals surface area contributed by atoms with Crippen LogP contribution in [0.1, 0.15) is 92.4 Å². The Balaban J connectivity index is 0.000000240. The number of aliphatic carboxylic acids is 1. The van der Waals surface area contributed by atoms with Crippen molar-refractivity contribution in [2.45, 2.75) is 175 Å². The average molecular weight is 913 g/mol. The van der Waals surface area contributed by atoms with Crippen LogP contribution in [0.5, 0.6) is 0 Å². The van der Waals surface area contributed by atoms with Crippen molar-refractivity contribution in [1.29, 1.82) is 0 Å². The van der Waals surface area contributed by atoms with Gasteiger partial charge >= 0.3 is 24.0 Å². The Hall–Kier alpha value is -2.22. The van der Waals surface area contributed by atoms with E-state index >= 15 is 0 Å². The zero-order valence-corrected chi connectivity index (χ0v) is 37.1. The standard InChI is InChI=1S/C23H40N2O7S.C10H16N2O3S.C6H12O6/c1-19(12-26)11-20(2,22(4,30)23(5,31)21(19,3)29)13-32-16(27)9-7-6-8-15-17-14(10-33-15)24-18(28)25-17;13-8(14)4-2-1-3-7-9-6(5-16-7)11-10(15)12-9;7-1-2-3(8)4(9)5(10)6(11)12-2/h14-15,17,26,29-31H,6-13H2,1-5H3,(H2,24,25,28);6-7,9H,1-5H2,(H,13,14)(H2,11,12,15);2-11H,1H2/t14-,15?,17-,19?,20+,21+,22?,23?;6-,7-,9-;2-,3-,4+,5+,6+/m001/s1. The van der Waals surface area contributed by atoms with Gasteiger partial charge in [0.25, 0.3) is 0 Å². The van der Waals surface area contributed by atoms with E-state index < -0.39 is 77.5 Å². The van der Waals surface area contributed by atoms with Gasteiger partial charge in [0.05, 0.1) is 44.0 Å². The fourth-order valence-electron chi connectivity index (χ4n) is 9.17. The van der Waals surface area contributed by atoms with Crippen molar-refractivity contribution >= 4 is 47.5 Å². The molecule has 14 N–H and O–H groups in total. The number of carboxylic acids is 1. The van der Waals surface area contributed by atoms with Crippen molar-refractivity contribution in [2.24, 2.45) is 10.8 Å². The number of nitrogens with one attached hydrogen (secondary N) is 4. The molecule has 5 heterocycles. The summed E-state index contributed by atoms with van der Waals surface area (Å²) < 4.78 is 10.1. The molecular weight excluding hydrogens is 845 g/mol. The third-order valence-electron chi connectivity index (χ3n) is 13.9. The smallest absolute Gasteiger partial charge is 0.315 e. The average Bonchev–Trinajstić information content (AvgIpc) is 3.96. The summed E-state index contributed by atoms with van der Waals surface area (Å²) in [7, 11) is 0. The quantitative estimate of drug-likeness (QED) is 0.0535. The van der Waals surface area contributed by atoms with Crippen LogP contribution in [0.3, 0.4) is 0 Å². The molecule has 6 fully saturated rings. The summed E-state index contributed by atoms with van der Waals surface area (Å²) in [5.41, 5.74) is -7.71. The highest BCUT2D eigenvalue weighted by molar-refractivity contribution is 8.00. The van der Waals surface area contributed by atoms with Crippen molar-refractivity contribution in [3.8, 4) is 0 Å². The third-order valence-corrected chi connectivity index (χ3v) is 16.9. The summed E-state index contributed by atoms with van der Waals surface area (Å²) in [6.07, 6.45) is -1.38. The number of thioether (sulfide) groups is 2. The van der Waals surface area contributed by atoms with Crippen molar-refractivity contribution in [1.82, 2.24) is 21.3 Å². The fourth-order valence-corrected chi connectivity index (χ4v) is 12.3. The minimum atomic E-state index is -1.96. The number of carbonyl (C=O) groups excluding carboxylic acids is 3. The van der Waals surface area contributed by atoms with Gasteiger partial charge in [0, 0.05) is 45.7 Å². The molecule has 4 unspecified atom stereocenters. The number of aliphatic hydroxyl groups excluding tert-OH is 6. The predicted octanol–water partition coefficient (Wildman–Crippen LogP) is -1.51. The molecule has 1 saturated carbocycles. The lowest BCUT2D eigenvalue weighted by Crippen LogP contribution is -2.79. The molecule has 0 aromatic heterocycles. The molecule has 1 aliphatic carbocycles. The van der Waals surface area contributed by atoms with Crippen LogP contribution >= 0.6 is 23.5 Å². The maximum absolute atomic E-state index is 12.4. The fraction of sp³-hybridized carbons (Fsp3) is 0.897. The topological polar surface area (TPSA) is 337 Å². The highest BCUT2D eigenvalue weighted by Crippen LogP contribution is 2.60. The zero-order chi connectivity index (χ0) is 45.7. The highest BCUT2D eigenvalue weighted by Gasteiger charge is 2.72. The molecular formula is C39H68N4O16S2. The van der Waals surface area contributed by atoms with E-state index in [1.54, 1.807) is 13.8 Å². The first kappa shape index (κ1) is 51.4. The first-order valence-electron chi connectivity index (χ1n) is 20.9. The monoisotopic (exact) mass is 912 g/mol. The van der Waals surface area contributed by atoms with Crippen LogP contribution in [0.25, 0.3) is 0 Å². The van der Waals surface area contributed by atoms with Gasteiger partial charge in [0.15, 0.2) is 6.29 Å². The number of esters is 1. The Kier molecular flexibility index (Phi) is 17.5. The second-order valence-electron chi connectivity index (χ2n) is 18.2. The Labute approximate surface area is 364 Å². The third kappa shape index (κ3) is 11.2. The van der Waals surface area contributed by atoms with Gasteiger partial charge in [-0.2, -0.15) is 23.5 Å². The Bertz CT molecular complexity index is 1520. The molecule has 6 aliphatic rings. The number of fused-ring (bicyclic) bond motifs is 2. The summed E-state index contributed by atoms with van der Waals surface area (Å²) in [6.45, 7) is 6.51. The van der Waals surface area contributed by atoms with E-state index in [-0.39, 0.29) is 68.1 Å². The molecule has 61 heavy (non-hydrogen) atoms. The molecule has 5 saturated heterocycles. The number of carboxylic acid groups (broad SMARTS) is 1. The summed E-state index contributed by atoms with van der Waals surface area (Å²) in [5.74, 6) is 0.751. The lowest BCUT2D eigenvalue weighted by molar-refractivity contribution is -0.340. The number of unbranched alkanes of at least 4 members (excludes halogenated alkanes) is 2. The summed E-state index contributed by atoms with van der Waals surface area (Å²) in [5, 5.41) is 109. The normalized spacial score (nSPS) is 43.5. The van der Waals surface area contributed by atoms with E-state index in [4.69, 9.17) is 35.4 Å². The first-order chi connectivity index (χ1) is 28.4. The molecule has 20 nitrogen and oxygen atoms in total. The van der Waals surface area contributed by atoms with Gasteiger partial charge in [0.1, 0.15) is 41.2 Å². The highest BCUT2D eigenvalue weighted by atomic mass is 32.2. The Morgan fingerprint density at radius 3 is 1.67 bits per heavy atom. The van der Waals surface area contributed by atoms with Crippen molar-refractivity contribution in [3.05, 3.63) is 0 Å². The number of urea groups is 2. The van der Waals surface area contributed by atoms with Crippen molar-refractivity contribution < 1.29 is 79.7 Å². The largest absolute Gasteiger partial charge is 0.481 e. The van der Waals surface area contributed by atoms with Crippen LogP contribution in [0.4, 0.5) is 9.59 Å². The van der Waals surface area contributed by atoms with Gasteiger partial charge in [-0.05, 0) is 52.9 Å². The minimum absolute atomic E-state index is 0.0640. The molecule has 4 amide bonds. The number of aliphatic hydroxyl groups is 9. The molecule has 6 rings (SSSR count). The van der Waals surface area contributed by atoms with E-state index in [0.29, 0.717) is 16.9 Å². The number of carbonyl (C=O) groups is 4. The van der Waals surface area contributed by atoms with E-state index in [0.717, 1.165) is 43.6 Å². The zero-order valence-electron chi connectivity index (χ0n) is 35.5. The maximum atomic E-state index is 12.4. The number of amides is 4. The van der Waals surface area contributed by atoms with Crippen LogP contribution in [0.2, 0.25) is 0 Å². The van der Waals surface area contributed by atoms with E-state index in [2.05, 4.69) is 26.0 Å². The number of hydrogen-bond donors (Lipinski definition) is 14. The second-order valence-corrected chi connectivity index (χ2v) is 20.7. The van der Waals surface area contributed by atoms with Gasteiger partial charge in [-0.3, -0.25) is 9.59 Å². The SMILES string of the molecule is CC1(O)C(C)(O)[C@](C)(O)C(C)(CO)C[C@]1(C)COC(=O)CCCCC1SC[C@@H]2NC(=O)N[C@H]12.O=C(O)CCCC[C@@H]1SC[C@@H]2NC(=O)N[C@@H]21.OC[C@H]1O[C@H](O)[C@@H](O)[C@@H](O)[C@@H]1O. The van der Waals surface area contributed by atoms with Crippen LogP contribution in [-0.4, -0.2) is 189 Å². The Morgan fingerprint density at radius 1 is 0.705 bits per heavy atom. The molecule has 0 radical (unpaired) electrons.